The Morgan fingerprint density at radius 1 is 0.429 bits per heavy atom. The van der Waals surface area contributed by atoms with E-state index in [1.54, 1.807) is 0 Å². The first-order valence-corrected chi connectivity index (χ1v) is 15.1. The van der Waals surface area contributed by atoms with E-state index in [1.165, 1.54) is 72.3 Å². The highest BCUT2D eigenvalue weighted by molar-refractivity contribution is 5.88. The van der Waals surface area contributed by atoms with Gasteiger partial charge in [-0.3, -0.25) is 0 Å². The Bertz CT molecular complexity index is 1910. The Kier molecular flexibility index (Phi) is 6.19. The highest BCUT2D eigenvalue weighted by Crippen LogP contribution is 2.48. The van der Waals surface area contributed by atoms with Gasteiger partial charge < -0.3 is 0 Å². The number of allylic oxidation sites excluding steroid dienone is 2. The van der Waals surface area contributed by atoms with Crippen molar-refractivity contribution in [2.45, 2.75) is 25.2 Å². The molecule has 0 bridgehead atoms. The summed E-state index contributed by atoms with van der Waals surface area (Å²) in [6.45, 7) is 0. The van der Waals surface area contributed by atoms with Crippen LogP contribution in [0, 0.1) is 0 Å². The first-order chi connectivity index (χ1) is 20.8. The average Bonchev–Trinajstić information content (AvgIpc) is 3.08. The van der Waals surface area contributed by atoms with Crippen molar-refractivity contribution in [2.75, 3.05) is 0 Å². The van der Waals surface area contributed by atoms with Crippen LogP contribution in [0.5, 0.6) is 0 Å². The van der Waals surface area contributed by atoms with Crippen LogP contribution < -0.4 is 0 Å². The third-order valence-electron chi connectivity index (χ3n) is 9.17. The molecule has 1 unspecified atom stereocenters. The SMILES string of the molecule is C1=C(c2ccccc2)Cc2ccc3c(c2C1c1ccccc1)CCc1c(-c2ccccc2)cc(-c2ccccc2)cc1-3. The van der Waals surface area contributed by atoms with Crippen molar-refractivity contribution >= 4 is 5.57 Å². The predicted octanol–water partition coefficient (Wildman–Crippen LogP) is 10.6. The minimum Gasteiger partial charge on any atom is -0.0685 e. The van der Waals surface area contributed by atoms with Crippen LogP contribution in [0.3, 0.4) is 0 Å². The Hall–Kier alpha value is -4.94. The maximum atomic E-state index is 2.54. The molecule has 0 heterocycles. The molecule has 6 aromatic rings. The number of hydrogen-bond acceptors (Lipinski definition) is 0. The van der Waals surface area contributed by atoms with Gasteiger partial charge in [0.25, 0.3) is 0 Å². The van der Waals surface area contributed by atoms with Gasteiger partial charge in [-0.05, 0) is 104 Å². The number of hydrogen-bond donors (Lipinski definition) is 0. The zero-order chi connectivity index (χ0) is 27.9. The van der Waals surface area contributed by atoms with E-state index >= 15 is 0 Å². The lowest BCUT2D eigenvalue weighted by Gasteiger charge is -2.33. The Morgan fingerprint density at radius 3 is 1.69 bits per heavy atom. The highest BCUT2D eigenvalue weighted by Gasteiger charge is 2.30. The van der Waals surface area contributed by atoms with E-state index in [2.05, 4.69) is 152 Å². The summed E-state index contributed by atoms with van der Waals surface area (Å²) in [5.74, 6) is 0.243. The van der Waals surface area contributed by atoms with Gasteiger partial charge in [0.2, 0.25) is 0 Å². The van der Waals surface area contributed by atoms with Crippen molar-refractivity contribution in [3.05, 3.63) is 185 Å². The van der Waals surface area contributed by atoms with Crippen LogP contribution in [-0.2, 0) is 19.3 Å². The maximum absolute atomic E-state index is 2.54. The zero-order valence-corrected chi connectivity index (χ0v) is 23.6. The van der Waals surface area contributed by atoms with Crippen molar-refractivity contribution in [3.8, 4) is 33.4 Å². The standard InChI is InChI=1S/C42H32/c1-5-13-29(14-6-1)34-25-33-21-22-36-38(42(33)40(27-34)32-19-11-4-12-20-32)24-23-37-39(31-17-9-3-10-18-31)26-35(28-41(36)37)30-15-7-2-8-16-30/h1-22,26-28,40H,23-25H2. The van der Waals surface area contributed by atoms with Crippen molar-refractivity contribution in [3.63, 3.8) is 0 Å². The van der Waals surface area contributed by atoms with Crippen molar-refractivity contribution in [1.29, 1.82) is 0 Å². The summed E-state index contributed by atoms with van der Waals surface area (Å²) < 4.78 is 0. The smallest absolute Gasteiger partial charge is 0.0281 e. The van der Waals surface area contributed by atoms with Crippen molar-refractivity contribution in [2.24, 2.45) is 0 Å². The fourth-order valence-electron chi connectivity index (χ4n) is 7.20. The van der Waals surface area contributed by atoms with Crippen molar-refractivity contribution < 1.29 is 0 Å². The fraction of sp³-hybridized carbons (Fsp3) is 0.0952. The summed E-state index contributed by atoms with van der Waals surface area (Å²) >= 11 is 0. The lowest BCUT2D eigenvalue weighted by Crippen LogP contribution is -2.17. The summed E-state index contributed by atoms with van der Waals surface area (Å²) in [6, 6.07) is 53.5. The summed E-state index contributed by atoms with van der Waals surface area (Å²) in [5, 5.41) is 0. The molecule has 0 amide bonds. The minimum absolute atomic E-state index is 0.243. The lowest BCUT2D eigenvalue weighted by molar-refractivity contribution is 0.874. The third kappa shape index (κ3) is 4.32. The van der Waals surface area contributed by atoms with Gasteiger partial charge in [-0.15, -0.1) is 0 Å². The molecule has 0 fully saturated rings. The molecular formula is C42H32. The Labute approximate surface area is 248 Å². The van der Waals surface area contributed by atoms with Gasteiger partial charge in [-0.1, -0.05) is 140 Å². The lowest BCUT2D eigenvalue weighted by atomic mass is 9.71. The van der Waals surface area contributed by atoms with Crippen LogP contribution in [0.4, 0.5) is 0 Å². The topological polar surface area (TPSA) is 0 Å². The second-order valence-corrected chi connectivity index (χ2v) is 11.6. The second-order valence-electron chi connectivity index (χ2n) is 11.6. The van der Waals surface area contributed by atoms with E-state index in [-0.39, 0.29) is 5.92 Å². The third-order valence-corrected chi connectivity index (χ3v) is 9.17. The van der Waals surface area contributed by atoms with E-state index < -0.39 is 0 Å². The van der Waals surface area contributed by atoms with Gasteiger partial charge in [-0.25, -0.2) is 0 Å². The molecule has 0 nitrogen and oxygen atoms in total. The molecule has 0 radical (unpaired) electrons. The summed E-state index contributed by atoms with van der Waals surface area (Å²) in [6.07, 6.45) is 5.63. The van der Waals surface area contributed by atoms with Crippen LogP contribution in [-0.4, -0.2) is 0 Å². The molecule has 0 spiro atoms. The number of rotatable bonds is 4. The number of fused-ring (bicyclic) bond motifs is 5. The van der Waals surface area contributed by atoms with Gasteiger partial charge in [-0.2, -0.15) is 0 Å². The van der Waals surface area contributed by atoms with Gasteiger partial charge >= 0.3 is 0 Å². The normalized spacial score (nSPS) is 15.2. The molecule has 0 N–H and O–H groups in total. The molecule has 0 saturated heterocycles. The second kappa shape index (κ2) is 10.5. The number of benzene rings is 6. The largest absolute Gasteiger partial charge is 0.0685 e. The minimum atomic E-state index is 0.243. The average molecular weight is 537 g/mol. The van der Waals surface area contributed by atoms with Gasteiger partial charge in [0.05, 0.1) is 0 Å². The molecule has 200 valence electrons. The van der Waals surface area contributed by atoms with E-state index in [0.29, 0.717) is 0 Å². The summed E-state index contributed by atoms with van der Waals surface area (Å²) in [5.41, 5.74) is 18.1. The molecule has 2 aliphatic carbocycles. The van der Waals surface area contributed by atoms with Crippen molar-refractivity contribution in [1.82, 2.24) is 0 Å². The van der Waals surface area contributed by atoms with E-state index in [1.807, 2.05) is 0 Å². The highest BCUT2D eigenvalue weighted by atomic mass is 14.3. The first-order valence-electron chi connectivity index (χ1n) is 15.1. The maximum Gasteiger partial charge on any atom is 0.0281 e. The Morgan fingerprint density at radius 2 is 1.00 bits per heavy atom. The van der Waals surface area contributed by atoms with Crippen LogP contribution in [0.15, 0.2) is 152 Å². The molecule has 0 aromatic heterocycles. The van der Waals surface area contributed by atoms with Crippen LogP contribution >= 0.6 is 0 Å². The zero-order valence-electron chi connectivity index (χ0n) is 23.6. The van der Waals surface area contributed by atoms with Gasteiger partial charge in [0, 0.05) is 5.92 Å². The molecule has 8 rings (SSSR count). The molecule has 1 atom stereocenters. The predicted molar refractivity (Wildman–Crippen MR) is 177 cm³/mol. The molecule has 6 aromatic carbocycles. The van der Waals surface area contributed by atoms with Crippen LogP contribution in [0.25, 0.3) is 39.0 Å². The van der Waals surface area contributed by atoms with E-state index in [4.69, 9.17) is 0 Å². The van der Waals surface area contributed by atoms with Crippen LogP contribution in [0.2, 0.25) is 0 Å². The fourth-order valence-corrected chi connectivity index (χ4v) is 7.20. The molecule has 0 aliphatic heterocycles. The molecular weight excluding hydrogens is 504 g/mol. The molecule has 42 heavy (non-hydrogen) atoms. The summed E-state index contributed by atoms with van der Waals surface area (Å²) in [7, 11) is 0. The Balaban J connectivity index is 1.35. The van der Waals surface area contributed by atoms with E-state index in [9.17, 15) is 0 Å². The monoisotopic (exact) mass is 536 g/mol. The molecule has 0 saturated carbocycles. The van der Waals surface area contributed by atoms with E-state index in [0.717, 1.165) is 19.3 Å². The quantitative estimate of drug-likeness (QED) is 0.210. The van der Waals surface area contributed by atoms with Gasteiger partial charge in [0.15, 0.2) is 0 Å². The molecule has 0 heteroatoms. The van der Waals surface area contributed by atoms with Crippen LogP contribution in [0.1, 0.15) is 39.3 Å². The first kappa shape index (κ1) is 24.8. The molecule has 2 aliphatic rings. The van der Waals surface area contributed by atoms with Gasteiger partial charge in [0.1, 0.15) is 0 Å². The summed E-state index contributed by atoms with van der Waals surface area (Å²) in [4.78, 5) is 0.